The number of ether oxygens (including phenoxy) is 1. The summed E-state index contributed by atoms with van der Waals surface area (Å²) in [4.78, 5) is 11.7. The van der Waals surface area contributed by atoms with Crippen LogP contribution < -0.4 is 11.1 Å². The van der Waals surface area contributed by atoms with Gasteiger partial charge < -0.3 is 15.8 Å². The summed E-state index contributed by atoms with van der Waals surface area (Å²) in [6.07, 6.45) is 2.63. The molecule has 1 amide bonds. The van der Waals surface area contributed by atoms with Crippen molar-refractivity contribution in [2.24, 2.45) is 5.73 Å². The van der Waals surface area contributed by atoms with Gasteiger partial charge in [-0.2, -0.15) is 0 Å². The Morgan fingerprint density at radius 2 is 1.85 bits per heavy atom. The van der Waals surface area contributed by atoms with Crippen molar-refractivity contribution in [3.63, 3.8) is 0 Å². The second kappa shape index (κ2) is 9.50. The summed E-state index contributed by atoms with van der Waals surface area (Å²) < 4.78 is 5.44. The van der Waals surface area contributed by atoms with E-state index in [0.29, 0.717) is 19.5 Å². The fourth-order valence-corrected chi connectivity index (χ4v) is 1.81. The van der Waals surface area contributed by atoms with Crippen molar-refractivity contribution in [1.29, 1.82) is 0 Å². The van der Waals surface area contributed by atoms with E-state index in [1.807, 2.05) is 38.1 Å². The molecule has 0 aliphatic carbocycles. The molecule has 112 valence electrons. The molecule has 0 aromatic heterocycles. The van der Waals surface area contributed by atoms with Crippen LogP contribution in [0.2, 0.25) is 0 Å². The van der Waals surface area contributed by atoms with Gasteiger partial charge in [-0.05, 0) is 37.8 Å². The Morgan fingerprint density at radius 3 is 2.45 bits per heavy atom. The number of nitrogens with one attached hydrogen (secondary N) is 1. The molecule has 0 heterocycles. The van der Waals surface area contributed by atoms with Crippen LogP contribution >= 0.6 is 0 Å². The van der Waals surface area contributed by atoms with E-state index in [1.165, 1.54) is 0 Å². The molecule has 0 radical (unpaired) electrons. The number of rotatable bonds is 9. The van der Waals surface area contributed by atoms with E-state index < -0.39 is 0 Å². The lowest BCUT2D eigenvalue weighted by atomic mass is 10.1. The Morgan fingerprint density at radius 1 is 1.20 bits per heavy atom. The minimum Gasteiger partial charge on any atom is -0.379 e. The number of benzene rings is 1. The number of hydrogen-bond donors (Lipinski definition) is 2. The molecule has 0 aliphatic heterocycles. The zero-order valence-corrected chi connectivity index (χ0v) is 12.5. The molecule has 0 unspecified atom stereocenters. The van der Waals surface area contributed by atoms with Crippen molar-refractivity contribution < 1.29 is 9.53 Å². The minimum atomic E-state index is 0.0651. The molecule has 4 heteroatoms. The zero-order chi connectivity index (χ0) is 14.8. The third-order valence-corrected chi connectivity index (χ3v) is 2.97. The van der Waals surface area contributed by atoms with Crippen LogP contribution in [0.15, 0.2) is 24.3 Å². The van der Waals surface area contributed by atoms with Crippen molar-refractivity contribution in [3.8, 4) is 0 Å². The first-order valence-corrected chi connectivity index (χ1v) is 7.28. The van der Waals surface area contributed by atoms with Crippen LogP contribution in [0, 0.1) is 0 Å². The normalized spacial score (nSPS) is 10.8. The van der Waals surface area contributed by atoms with E-state index in [2.05, 4.69) is 5.32 Å². The highest BCUT2D eigenvalue weighted by Gasteiger charge is 2.02. The molecule has 1 aromatic rings. The van der Waals surface area contributed by atoms with E-state index in [4.69, 9.17) is 10.5 Å². The number of carbonyl (C=O) groups is 1. The molecule has 0 fully saturated rings. The number of unbranched alkanes of at least 4 members (excludes halogenated alkanes) is 1. The van der Waals surface area contributed by atoms with Gasteiger partial charge in [0.1, 0.15) is 0 Å². The molecule has 20 heavy (non-hydrogen) atoms. The van der Waals surface area contributed by atoms with Gasteiger partial charge in [-0.25, -0.2) is 0 Å². The molecule has 1 aromatic carbocycles. The lowest BCUT2D eigenvalue weighted by Gasteiger charge is -2.08. The smallest absolute Gasteiger partial charge is 0.224 e. The van der Waals surface area contributed by atoms with Crippen LogP contribution in [0.3, 0.4) is 0 Å². The van der Waals surface area contributed by atoms with Crippen molar-refractivity contribution in [2.45, 2.75) is 45.8 Å². The minimum absolute atomic E-state index is 0.0651. The average Bonchev–Trinajstić information content (AvgIpc) is 2.43. The fourth-order valence-electron chi connectivity index (χ4n) is 1.81. The molecule has 0 spiro atoms. The summed E-state index contributed by atoms with van der Waals surface area (Å²) in [5, 5.41) is 2.93. The highest BCUT2D eigenvalue weighted by Crippen LogP contribution is 2.04. The first kappa shape index (κ1) is 16.7. The highest BCUT2D eigenvalue weighted by molar-refractivity contribution is 5.78. The van der Waals surface area contributed by atoms with Crippen LogP contribution in [0.25, 0.3) is 0 Å². The maximum atomic E-state index is 11.7. The molecule has 0 saturated heterocycles. The van der Waals surface area contributed by atoms with Crippen LogP contribution in [-0.4, -0.2) is 25.2 Å². The SMILES string of the molecule is CC(C)OCCCCNC(=O)Cc1ccc(CN)cc1. The predicted molar refractivity (Wildman–Crippen MR) is 81.4 cm³/mol. The van der Waals surface area contributed by atoms with Crippen molar-refractivity contribution >= 4 is 5.91 Å². The molecule has 0 atom stereocenters. The number of hydrogen-bond acceptors (Lipinski definition) is 3. The molecule has 0 bridgehead atoms. The van der Waals surface area contributed by atoms with Gasteiger partial charge in [0.15, 0.2) is 0 Å². The van der Waals surface area contributed by atoms with Crippen molar-refractivity contribution in [1.82, 2.24) is 5.32 Å². The van der Waals surface area contributed by atoms with E-state index in [1.54, 1.807) is 0 Å². The number of carbonyl (C=O) groups excluding carboxylic acids is 1. The van der Waals surface area contributed by atoms with E-state index in [-0.39, 0.29) is 12.0 Å². The first-order valence-electron chi connectivity index (χ1n) is 7.28. The Labute approximate surface area is 121 Å². The van der Waals surface area contributed by atoms with Crippen LogP contribution in [0.1, 0.15) is 37.8 Å². The Bertz CT molecular complexity index is 388. The fraction of sp³-hybridized carbons (Fsp3) is 0.562. The van der Waals surface area contributed by atoms with Gasteiger partial charge in [0.2, 0.25) is 5.91 Å². The second-order valence-electron chi connectivity index (χ2n) is 5.17. The maximum absolute atomic E-state index is 11.7. The van der Waals surface area contributed by atoms with Gasteiger partial charge in [-0.3, -0.25) is 4.79 Å². The summed E-state index contributed by atoms with van der Waals surface area (Å²) in [7, 11) is 0. The van der Waals surface area contributed by atoms with Crippen LogP contribution in [0.5, 0.6) is 0 Å². The summed E-state index contributed by atoms with van der Waals surface area (Å²) in [6, 6.07) is 7.84. The first-order chi connectivity index (χ1) is 9.61. The quantitative estimate of drug-likeness (QED) is 0.679. The predicted octanol–water partition coefficient (Wildman–Crippen LogP) is 2.01. The Balaban J connectivity index is 2.13. The lowest BCUT2D eigenvalue weighted by Crippen LogP contribution is -2.26. The molecular weight excluding hydrogens is 252 g/mol. The van der Waals surface area contributed by atoms with Crippen molar-refractivity contribution in [2.75, 3.05) is 13.2 Å². The summed E-state index contributed by atoms with van der Waals surface area (Å²) in [5.41, 5.74) is 7.64. The molecule has 3 N–H and O–H groups in total. The van der Waals surface area contributed by atoms with E-state index in [9.17, 15) is 4.79 Å². The van der Waals surface area contributed by atoms with Gasteiger partial charge in [-0.15, -0.1) is 0 Å². The van der Waals surface area contributed by atoms with Crippen LogP contribution in [-0.2, 0) is 22.5 Å². The number of amides is 1. The lowest BCUT2D eigenvalue weighted by molar-refractivity contribution is -0.120. The third kappa shape index (κ3) is 7.26. The molecule has 0 saturated carbocycles. The monoisotopic (exact) mass is 278 g/mol. The molecule has 0 aliphatic rings. The Kier molecular flexibility index (Phi) is 7.92. The molecule has 1 rings (SSSR count). The zero-order valence-electron chi connectivity index (χ0n) is 12.5. The Hall–Kier alpha value is -1.39. The standard InChI is InChI=1S/C16H26N2O2/c1-13(2)20-10-4-3-9-18-16(19)11-14-5-7-15(12-17)8-6-14/h5-8,13H,3-4,9-12,17H2,1-2H3,(H,18,19). The van der Waals surface area contributed by atoms with Gasteiger partial charge in [0.05, 0.1) is 12.5 Å². The average molecular weight is 278 g/mol. The van der Waals surface area contributed by atoms with Gasteiger partial charge in [0.25, 0.3) is 0 Å². The molecule has 4 nitrogen and oxygen atoms in total. The largest absolute Gasteiger partial charge is 0.379 e. The van der Waals surface area contributed by atoms with Gasteiger partial charge >= 0.3 is 0 Å². The van der Waals surface area contributed by atoms with E-state index >= 15 is 0 Å². The van der Waals surface area contributed by atoms with Gasteiger partial charge in [0, 0.05) is 19.7 Å². The highest BCUT2D eigenvalue weighted by atomic mass is 16.5. The number of nitrogens with two attached hydrogens (primary N) is 1. The maximum Gasteiger partial charge on any atom is 0.224 e. The summed E-state index contributed by atoms with van der Waals surface area (Å²) in [6.45, 7) is 6.05. The summed E-state index contributed by atoms with van der Waals surface area (Å²) >= 11 is 0. The molecular formula is C16H26N2O2. The summed E-state index contributed by atoms with van der Waals surface area (Å²) in [5.74, 6) is 0.0651. The van der Waals surface area contributed by atoms with E-state index in [0.717, 1.165) is 30.6 Å². The van der Waals surface area contributed by atoms with Crippen molar-refractivity contribution in [3.05, 3.63) is 35.4 Å². The third-order valence-electron chi connectivity index (χ3n) is 2.97. The topological polar surface area (TPSA) is 64.3 Å². The van der Waals surface area contributed by atoms with Crippen LogP contribution in [0.4, 0.5) is 0 Å². The van der Waals surface area contributed by atoms with Gasteiger partial charge in [-0.1, -0.05) is 24.3 Å². The second-order valence-corrected chi connectivity index (χ2v) is 5.17.